The maximum atomic E-state index is 11.8. The first-order valence-corrected chi connectivity index (χ1v) is 10.6. The van der Waals surface area contributed by atoms with Crippen LogP contribution in [0.2, 0.25) is 0 Å². The normalized spacial score (nSPS) is 19.9. The lowest BCUT2D eigenvalue weighted by atomic mass is 9.96. The van der Waals surface area contributed by atoms with Gasteiger partial charge in [0.05, 0.1) is 11.7 Å². The van der Waals surface area contributed by atoms with Gasteiger partial charge in [0.2, 0.25) is 0 Å². The van der Waals surface area contributed by atoms with Gasteiger partial charge in [-0.1, -0.05) is 19.3 Å². The highest BCUT2D eigenvalue weighted by molar-refractivity contribution is 7.80. The summed E-state index contributed by atoms with van der Waals surface area (Å²) in [5.41, 5.74) is 0.779. The maximum Gasteiger partial charge on any atom is 0.259 e. The van der Waals surface area contributed by atoms with Crippen LogP contribution in [0.25, 0.3) is 10.2 Å². The molecule has 138 valence electrons. The number of nitrogens with one attached hydrogen (secondary N) is 2. The second kappa shape index (κ2) is 8.50. The van der Waals surface area contributed by atoms with E-state index in [0.29, 0.717) is 18.5 Å². The van der Waals surface area contributed by atoms with E-state index in [2.05, 4.69) is 22.3 Å². The fourth-order valence-electron chi connectivity index (χ4n) is 3.44. The lowest BCUT2D eigenvalue weighted by Crippen LogP contribution is -2.35. The minimum atomic E-state index is -1.49. The number of thiophene rings is 1. The molecule has 0 spiro atoms. The zero-order valence-corrected chi connectivity index (χ0v) is 16.0. The summed E-state index contributed by atoms with van der Waals surface area (Å²) in [6.45, 7) is 1.11. The molecule has 4 rings (SSSR count). The smallest absolute Gasteiger partial charge is 0.259 e. The molecule has 7 nitrogen and oxygen atoms in total. The molecule has 0 bridgehead atoms. The first-order chi connectivity index (χ1) is 12.1. The SMILES string of the molecule is CNC1CCCCC1.NS(=O)N1CCc2sc3nc[nH]c(=O)c3c2C1. The summed E-state index contributed by atoms with van der Waals surface area (Å²) in [6.07, 6.45) is 9.30. The number of H-pyrrole nitrogens is 1. The largest absolute Gasteiger partial charge is 0.317 e. The van der Waals surface area contributed by atoms with Crippen LogP contribution in [0.4, 0.5) is 0 Å². The summed E-state index contributed by atoms with van der Waals surface area (Å²) in [5.74, 6) is 0. The molecule has 1 aliphatic carbocycles. The van der Waals surface area contributed by atoms with Crippen molar-refractivity contribution in [2.45, 2.75) is 51.1 Å². The van der Waals surface area contributed by atoms with Crippen LogP contribution in [0.15, 0.2) is 11.1 Å². The monoisotopic (exact) mass is 383 g/mol. The van der Waals surface area contributed by atoms with Crippen LogP contribution in [-0.2, 0) is 24.1 Å². The van der Waals surface area contributed by atoms with Crippen molar-refractivity contribution in [2.24, 2.45) is 5.14 Å². The average molecular weight is 384 g/mol. The van der Waals surface area contributed by atoms with Gasteiger partial charge < -0.3 is 10.3 Å². The topological polar surface area (TPSA) is 104 Å². The van der Waals surface area contributed by atoms with Crippen molar-refractivity contribution in [3.63, 3.8) is 0 Å². The molecule has 0 amide bonds. The number of hydrogen-bond donors (Lipinski definition) is 3. The highest BCUT2D eigenvalue weighted by atomic mass is 32.2. The highest BCUT2D eigenvalue weighted by Gasteiger charge is 2.24. The van der Waals surface area contributed by atoms with Crippen LogP contribution in [0.5, 0.6) is 0 Å². The molecule has 9 heteroatoms. The Morgan fingerprint density at radius 3 is 2.80 bits per heavy atom. The van der Waals surface area contributed by atoms with Crippen molar-refractivity contribution in [2.75, 3.05) is 13.6 Å². The van der Waals surface area contributed by atoms with E-state index in [1.54, 1.807) is 4.31 Å². The van der Waals surface area contributed by atoms with Crippen molar-refractivity contribution in [1.29, 1.82) is 0 Å². The summed E-state index contributed by atoms with van der Waals surface area (Å²) in [4.78, 5) is 20.4. The van der Waals surface area contributed by atoms with Gasteiger partial charge in [-0.15, -0.1) is 11.3 Å². The van der Waals surface area contributed by atoms with Gasteiger partial charge in [-0.05, 0) is 31.9 Å². The van der Waals surface area contributed by atoms with Crippen LogP contribution in [-0.4, -0.2) is 38.1 Å². The Morgan fingerprint density at radius 1 is 1.40 bits per heavy atom. The fourth-order valence-corrected chi connectivity index (χ4v) is 5.11. The van der Waals surface area contributed by atoms with Crippen LogP contribution in [0.3, 0.4) is 0 Å². The first kappa shape index (κ1) is 18.7. The molecule has 1 aliphatic heterocycles. The molecule has 0 aromatic carbocycles. The van der Waals surface area contributed by atoms with Crippen LogP contribution in [0, 0.1) is 0 Å². The third-order valence-corrected chi connectivity index (χ3v) is 6.89. The van der Waals surface area contributed by atoms with E-state index in [1.165, 1.54) is 49.8 Å². The zero-order chi connectivity index (χ0) is 17.8. The predicted molar refractivity (Wildman–Crippen MR) is 103 cm³/mol. The molecular weight excluding hydrogens is 358 g/mol. The van der Waals surface area contributed by atoms with Gasteiger partial charge in [0, 0.05) is 24.0 Å². The lowest BCUT2D eigenvalue weighted by Gasteiger charge is -2.23. The Hall–Kier alpha value is -1.13. The van der Waals surface area contributed by atoms with Crippen molar-refractivity contribution in [3.05, 3.63) is 27.1 Å². The molecule has 2 aromatic heterocycles. The Balaban J connectivity index is 0.000000192. The summed E-state index contributed by atoms with van der Waals surface area (Å²) in [6, 6.07) is 0.837. The van der Waals surface area contributed by atoms with Crippen LogP contribution < -0.4 is 16.0 Å². The van der Waals surface area contributed by atoms with Gasteiger partial charge in [0.1, 0.15) is 4.83 Å². The number of aromatic nitrogens is 2. The Labute approximate surface area is 153 Å². The molecule has 0 radical (unpaired) electrons. The summed E-state index contributed by atoms with van der Waals surface area (Å²) >= 11 is 0.0425. The number of nitrogens with zero attached hydrogens (tertiary/aromatic N) is 2. The Morgan fingerprint density at radius 2 is 2.16 bits per heavy atom. The second-order valence-electron chi connectivity index (χ2n) is 6.43. The summed E-state index contributed by atoms with van der Waals surface area (Å²) in [7, 11) is 2.07. The van der Waals surface area contributed by atoms with E-state index in [0.717, 1.165) is 27.7 Å². The molecule has 4 N–H and O–H groups in total. The van der Waals surface area contributed by atoms with E-state index < -0.39 is 11.2 Å². The summed E-state index contributed by atoms with van der Waals surface area (Å²) in [5, 5.41) is 9.29. The zero-order valence-electron chi connectivity index (χ0n) is 14.4. The van der Waals surface area contributed by atoms with E-state index in [-0.39, 0.29) is 5.56 Å². The van der Waals surface area contributed by atoms with E-state index in [4.69, 9.17) is 5.14 Å². The van der Waals surface area contributed by atoms with Crippen LogP contribution >= 0.6 is 11.3 Å². The van der Waals surface area contributed by atoms with Gasteiger partial charge in [-0.3, -0.25) is 4.79 Å². The van der Waals surface area contributed by atoms with E-state index in [1.807, 2.05) is 0 Å². The standard InChI is InChI=1S/C9H10N4O2S2.C7H15N/c10-17(15)13-2-1-6-5(3-13)7-8(14)11-4-12-9(7)16-6;1-8-7-5-3-2-4-6-7/h4H,1-3,10H2,(H,11,12,14);7-8H,2-6H2,1H3. The molecule has 1 unspecified atom stereocenters. The van der Waals surface area contributed by atoms with Crippen molar-refractivity contribution >= 4 is 32.7 Å². The first-order valence-electron chi connectivity index (χ1n) is 8.66. The quantitative estimate of drug-likeness (QED) is 0.729. The van der Waals surface area contributed by atoms with Crippen molar-refractivity contribution in [1.82, 2.24) is 19.6 Å². The average Bonchev–Trinajstić information content (AvgIpc) is 3.02. The van der Waals surface area contributed by atoms with Gasteiger partial charge in [-0.2, -0.15) is 0 Å². The minimum Gasteiger partial charge on any atom is -0.317 e. The third-order valence-electron chi connectivity index (χ3n) is 4.87. The number of rotatable bonds is 2. The van der Waals surface area contributed by atoms with Gasteiger partial charge in [-0.25, -0.2) is 18.6 Å². The van der Waals surface area contributed by atoms with E-state index in [9.17, 15) is 9.00 Å². The lowest BCUT2D eigenvalue weighted by molar-refractivity contribution is 0.394. The predicted octanol–water partition coefficient (Wildman–Crippen LogP) is 1.42. The van der Waals surface area contributed by atoms with Gasteiger partial charge in [0.25, 0.3) is 5.56 Å². The minimum absolute atomic E-state index is 0.142. The highest BCUT2D eigenvalue weighted by Crippen LogP contribution is 2.31. The van der Waals surface area contributed by atoms with E-state index >= 15 is 0 Å². The number of aromatic amines is 1. The molecule has 2 aliphatic rings. The molecule has 25 heavy (non-hydrogen) atoms. The molecular formula is C16H25N5O2S2. The second-order valence-corrected chi connectivity index (χ2v) is 8.58. The molecule has 1 atom stereocenters. The molecule has 3 heterocycles. The molecule has 0 saturated heterocycles. The molecule has 1 saturated carbocycles. The molecule has 1 fully saturated rings. The fraction of sp³-hybridized carbons (Fsp3) is 0.625. The Bertz CT molecular complexity index is 797. The number of fused-ring (bicyclic) bond motifs is 3. The van der Waals surface area contributed by atoms with Crippen molar-refractivity contribution < 1.29 is 4.21 Å². The summed E-state index contributed by atoms with van der Waals surface area (Å²) < 4.78 is 12.9. The number of hydrogen-bond acceptors (Lipinski definition) is 5. The van der Waals surface area contributed by atoms with Crippen molar-refractivity contribution in [3.8, 4) is 0 Å². The third kappa shape index (κ3) is 4.35. The van der Waals surface area contributed by atoms with Gasteiger partial charge in [0.15, 0.2) is 11.2 Å². The van der Waals surface area contributed by atoms with Crippen LogP contribution in [0.1, 0.15) is 42.5 Å². The number of nitrogens with two attached hydrogens (primary N) is 1. The molecule has 2 aromatic rings. The van der Waals surface area contributed by atoms with Gasteiger partial charge >= 0.3 is 0 Å². The Kier molecular flexibility index (Phi) is 6.34. The maximum absolute atomic E-state index is 11.8.